The molecule has 0 bridgehead atoms. The maximum atomic E-state index is 11.5. The molecule has 0 rings (SSSR count). The third kappa shape index (κ3) is 6.32. The fourth-order valence-corrected chi connectivity index (χ4v) is 1.18. The lowest BCUT2D eigenvalue weighted by Crippen LogP contribution is -2.33. The van der Waals surface area contributed by atoms with Crippen molar-refractivity contribution in [1.29, 1.82) is 0 Å². The lowest BCUT2D eigenvalue weighted by molar-refractivity contribution is -0.135. The zero-order chi connectivity index (χ0) is 12.7. The van der Waals surface area contributed by atoms with Crippen LogP contribution in [0.2, 0.25) is 0 Å². The maximum Gasteiger partial charge on any atom is 0.222 e. The number of likely N-dealkylation sites (N-methyl/N-ethyl adjacent to an activating group) is 1. The summed E-state index contributed by atoms with van der Waals surface area (Å²) in [5, 5.41) is 0. The Morgan fingerprint density at radius 1 is 1.12 bits per heavy atom. The third-order valence-corrected chi connectivity index (χ3v) is 2.38. The molecule has 0 radical (unpaired) electrons. The van der Waals surface area contributed by atoms with Crippen molar-refractivity contribution in [3.8, 4) is 0 Å². The number of amides is 1. The van der Waals surface area contributed by atoms with Crippen LogP contribution in [0.5, 0.6) is 0 Å². The minimum Gasteiger partial charge on any atom is -0.338 e. The van der Waals surface area contributed by atoms with E-state index in [1.54, 1.807) is 7.05 Å². The second kappa shape index (κ2) is 7.14. The summed E-state index contributed by atoms with van der Waals surface area (Å²) < 4.78 is 0. The summed E-state index contributed by atoms with van der Waals surface area (Å²) in [4.78, 5) is 35.1. The predicted octanol–water partition coefficient (Wildman–Crippen LogP) is 1.43. The number of hydrogen-bond donors (Lipinski definition) is 0. The Bertz CT molecular complexity index is 271. The molecule has 0 N–H and O–H groups in total. The van der Waals surface area contributed by atoms with E-state index in [4.69, 9.17) is 0 Å². The predicted molar refractivity (Wildman–Crippen MR) is 62.0 cm³/mol. The van der Waals surface area contributed by atoms with Crippen molar-refractivity contribution in [3.05, 3.63) is 0 Å². The average molecular weight is 227 g/mol. The Morgan fingerprint density at radius 2 is 1.69 bits per heavy atom. The molecule has 0 aromatic carbocycles. The van der Waals surface area contributed by atoms with Gasteiger partial charge in [-0.25, -0.2) is 0 Å². The first-order valence-electron chi connectivity index (χ1n) is 5.60. The van der Waals surface area contributed by atoms with Gasteiger partial charge in [-0.1, -0.05) is 13.8 Å². The van der Waals surface area contributed by atoms with Crippen molar-refractivity contribution < 1.29 is 14.4 Å². The molecule has 4 heteroatoms. The van der Waals surface area contributed by atoms with Crippen LogP contribution in [-0.2, 0) is 14.4 Å². The van der Waals surface area contributed by atoms with Gasteiger partial charge < -0.3 is 9.69 Å². The zero-order valence-electron chi connectivity index (χ0n) is 10.6. The number of ketones is 2. The van der Waals surface area contributed by atoms with Gasteiger partial charge in [0.25, 0.3) is 0 Å². The average Bonchev–Trinajstić information content (AvgIpc) is 2.16. The largest absolute Gasteiger partial charge is 0.338 e. The van der Waals surface area contributed by atoms with Gasteiger partial charge >= 0.3 is 0 Å². The van der Waals surface area contributed by atoms with Crippen molar-refractivity contribution in [1.82, 2.24) is 4.90 Å². The molecule has 0 aliphatic heterocycles. The lowest BCUT2D eigenvalue weighted by atomic mass is 10.1. The molecule has 0 aliphatic carbocycles. The van der Waals surface area contributed by atoms with Crippen LogP contribution >= 0.6 is 0 Å². The Labute approximate surface area is 97.0 Å². The highest BCUT2D eigenvalue weighted by atomic mass is 16.2. The normalized spacial score (nSPS) is 10.3. The van der Waals surface area contributed by atoms with Crippen LogP contribution in [0.1, 0.15) is 40.0 Å². The van der Waals surface area contributed by atoms with E-state index in [-0.39, 0.29) is 29.9 Å². The molecule has 0 fully saturated rings. The SMILES string of the molecule is CC(=O)CCCC(=O)N(C)CC(=O)C(C)C. The first-order valence-corrected chi connectivity index (χ1v) is 5.60. The van der Waals surface area contributed by atoms with E-state index in [9.17, 15) is 14.4 Å². The third-order valence-electron chi connectivity index (χ3n) is 2.38. The number of Topliss-reactive ketones (excluding diaryl/α,β-unsaturated/α-hetero) is 2. The Kier molecular flexibility index (Phi) is 6.61. The molecular weight excluding hydrogens is 206 g/mol. The van der Waals surface area contributed by atoms with Crippen LogP contribution in [0.25, 0.3) is 0 Å². The lowest BCUT2D eigenvalue weighted by Gasteiger charge is -2.17. The highest BCUT2D eigenvalue weighted by Gasteiger charge is 2.14. The molecule has 0 spiro atoms. The number of hydrogen-bond acceptors (Lipinski definition) is 3. The highest BCUT2D eigenvalue weighted by Crippen LogP contribution is 2.02. The summed E-state index contributed by atoms with van der Waals surface area (Å²) in [7, 11) is 1.62. The van der Waals surface area contributed by atoms with Crippen LogP contribution in [0.15, 0.2) is 0 Å². The van der Waals surface area contributed by atoms with Crippen molar-refractivity contribution in [3.63, 3.8) is 0 Å². The van der Waals surface area contributed by atoms with E-state index in [1.807, 2.05) is 13.8 Å². The number of nitrogens with zero attached hydrogens (tertiary/aromatic N) is 1. The molecule has 16 heavy (non-hydrogen) atoms. The van der Waals surface area contributed by atoms with Gasteiger partial charge in [0.2, 0.25) is 5.91 Å². The van der Waals surface area contributed by atoms with Crippen LogP contribution < -0.4 is 0 Å². The summed E-state index contributed by atoms with van der Waals surface area (Å²) in [5.74, 6) is 0.0267. The van der Waals surface area contributed by atoms with Crippen LogP contribution in [-0.4, -0.2) is 36.0 Å². The molecule has 0 aromatic rings. The van der Waals surface area contributed by atoms with Gasteiger partial charge in [-0.05, 0) is 13.3 Å². The minimum atomic E-state index is -0.0738. The summed E-state index contributed by atoms with van der Waals surface area (Å²) in [6.07, 6.45) is 1.33. The molecule has 4 nitrogen and oxygen atoms in total. The second-order valence-corrected chi connectivity index (χ2v) is 4.43. The Hall–Kier alpha value is -1.19. The van der Waals surface area contributed by atoms with E-state index in [1.165, 1.54) is 11.8 Å². The fourth-order valence-electron chi connectivity index (χ4n) is 1.18. The summed E-state index contributed by atoms with van der Waals surface area (Å²) >= 11 is 0. The van der Waals surface area contributed by atoms with Gasteiger partial charge in [0.15, 0.2) is 5.78 Å². The summed E-state index contributed by atoms with van der Waals surface area (Å²) in [6, 6.07) is 0. The first-order chi connectivity index (χ1) is 7.34. The maximum absolute atomic E-state index is 11.5. The van der Waals surface area contributed by atoms with Gasteiger partial charge in [0.1, 0.15) is 5.78 Å². The van der Waals surface area contributed by atoms with Gasteiger partial charge in [0, 0.05) is 25.8 Å². The second-order valence-electron chi connectivity index (χ2n) is 4.43. The van der Waals surface area contributed by atoms with Gasteiger partial charge in [-0.3, -0.25) is 9.59 Å². The fraction of sp³-hybridized carbons (Fsp3) is 0.750. The van der Waals surface area contributed by atoms with Crippen LogP contribution in [0, 0.1) is 5.92 Å². The van der Waals surface area contributed by atoms with Gasteiger partial charge in [-0.2, -0.15) is 0 Å². The molecule has 0 unspecified atom stereocenters. The molecule has 0 saturated heterocycles. The zero-order valence-corrected chi connectivity index (χ0v) is 10.6. The summed E-state index contributed by atoms with van der Waals surface area (Å²) in [5.41, 5.74) is 0. The monoisotopic (exact) mass is 227 g/mol. The van der Waals surface area contributed by atoms with Crippen molar-refractivity contribution in [2.45, 2.75) is 40.0 Å². The topological polar surface area (TPSA) is 54.5 Å². The molecule has 0 aliphatic rings. The number of carbonyl (C=O) groups is 3. The standard InChI is InChI=1S/C12H21NO3/c1-9(2)11(15)8-13(4)12(16)7-5-6-10(3)14/h9H,5-8H2,1-4H3. The van der Waals surface area contributed by atoms with E-state index in [2.05, 4.69) is 0 Å². The highest BCUT2D eigenvalue weighted by molar-refractivity contribution is 5.87. The molecule has 0 saturated carbocycles. The molecule has 1 amide bonds. The molecule has 0 aromatic heterocycles. The van der Waals surface area contributed by atoms with Crippen LogP contribution in [0.3, 0.4) is 0 Å². The van der Waals surface area contributed by atoms with E-state index in [0.717, 1.165) is 0 Å². The van der Waals surface area contributed by atoms with Crippen molar-refractivity contribution >= 4 is 17.5 Å². The van der Waals surface area contributed by atoms with Gasteiger partial charge in [-0.15, -0.1) is 0 Å². The summed E-state index contributed by atoms with van der Waals surface area (Å²) in [6.45, 7) is 5.31. The molecule has 92 valence electrons. The number of carbonyl (C=O) groups excluding carboxylic acids is 3. The molecular formula is C12H21NO3. The Balaban J connectivity index is 3.90. The number of rotatable bonds is 7. The van der Waals surface area contributed by atoms with E-state index >= 15 is 0 Å². The van der Waals surface area contributed by atoms with E-state index < -0.39 is 0 Å². The van der Waals surface area contributed by atoms with Crippen LogP contribution in [0.4, 0.5) is 0 Å². The van der Waals surface area contributed by atoms with E-state index in [0.29, 0.717) is 19.3 Å². The smallest absolute Gasteiger partial charge is 0.222 e. The molecule has 0 atom stereocenters. The molecule has 0 heterocycles. The van der Waals surface area contributed by atoms with Gasteiger partial charge in [0.05, 0.1) is 6.54 Å². The Morgan fingerprint density at radius 3 is 2.12 bits per heavy atom. The van der Waals surface area contributed by atoms with Crippen molar-refractivity contribution in [2.75, 3.05) is 13.6 Å². The first kappa shape index (κ1) is 14.8. The minimum absolute atomic E-state index is 0.0486. The quantitative estimate of drug-likeness (QED) is 0.661. The van der Waals surface area contributed by atoms with Crippen molar-refractivity contribution in [2.24, 2.45) is 5.92 Å².